The Morgan fingerprint density at radius 1 is 1.00 bits per heavy atom. The average Bonchev–Trinajstić information content (AvgIpc) is 2.67. The van der Waals surface area contributed by atoms with Crippen molar-refractivity contribution in [1.82, 2.24) is 0 Å². The fraction of sp³-hybridized carbons (Fsp3) is 1.00. The van der Waals surface area contributed by atoms with Crippen LogP contribution in [0, 0.1) is 29.6 Å². The quantitative estimate of drug-likeness (QED) is 0.517. The normalized spacial score (nSPS) is 31.1. The standard InChI is InChI=1S/C17H34/c1-6-8-9-14(5)17-15(7-2)10-11-16(17)12-13(3)4/h13-17H,6-12H2,1-5H3. The van der Waals surface area contributed by atoms with Crippen LogP contribution < -0.4 is 0 Å². The Morgan fingerprint density at radius 3 is 2.18 bits per heavy atom. The summed E-state index contributed by atoms with van der Waals surface area (Å²) in [6.45, 7) is 12.0. The summed E-state index contributed by atoms with van der Waals surface area (Å²) in [5.74, 6) is 4.95. The molecule has 0 aromatic rings. The van der Waals surface area contributed by atoms with Crippen LogP contribution >= 0.6 is 0 Å². The SMILES string of the molecule is CCCCC(C)C1C(CC)CCC1CC(C)C. The van der Waals surface area contributed by atoms with E-state index in [9.17, 15) is 0 Å². The van der Waals surface area contributed by atoms with E-state index in [-0.39, 0.29) is 0 Å². The highest BCUT2D eigenvalue weighted by molar-refractivity contribution is 4.87. The van der Waals surface area contributed by atoms with Gasteiger partial charge in [-0.15, -0.1) is 0 Å². The molecule has 4 unspecified atom stereocenters. The Morgan fingerprint density at radius 2 is 1.65 bits per heavy atom. The van der Waals surface area contributed by atoms with Crippen LogP contribution in [0.4, 0.5) is 0 Å². The summed E-state index contributed by atoms with van der Waals surface area (Å²) in [6, 6.07) is 0. The molecule has 0 amide bonds. The predicted molar refractivity (Wildman–Crippen MR) is 78.1 cm³/mol. The zero-order valence-electron chi connectivity index (χ0n) is 12.8. The zero-order chi connectivity index (χ0) is 12.8. The van der Waals surface area contributed by atoms with E-state index in [1.165, 1.54) is 44.9 Å². The van der Waals surface area contributed by atoms with Gasteiger partial charge >= 0.3 is 0 Å². The van der Waals surface area contributed by atoms with Gasteiger partial charge in [-0.25, -0.2) is 0 Å². The fourth-order valence-electron chi connectivity index (χ4n) is 4.20. The topological polar surface area (TPSA) is 0 Å². The predicted octanol–water partition coefficient (Wildman–Crippen LogP) is 5.91. The molecular formula is C17H34. The van der Waals surface area contributed by atoms with Crippen LogP contribution in [-0.4, -0.2) is 0 Å². The molecule has 0 spiro atoms. The van der Waals surface area contributed by atoms with Crippen LogP contribution in [0.3, 0.4) is 0 Å². The van der Waals surface area contributed by atoms with Gasteiger partial charge in [-0.3, -0.25) is 0 Å². The molecule has 0 bridgehead atoms. The maximum Gasteiger partial charge on any atom is -0.0332 e. The second-order valence-corrected chi connectivity index (χ2v) is 6.83. The van der Waals surface area contributed by atoms with Gasteiger partial charge in [-0.2, -0.15) is 0 Å². The molecule has 0 heterocycles. The third-order valence-corrected chi connectivity index (χ3v) is 4.97. The maximum atomic E-state index is 2.53. The first kappa shape index (κ1) is 15.1. The van der Waals surface area contributed by atoms with Crippen molar-refractivity contribution >= 4 is 0 Å². The third-order valence-electron chi connectivity index (χ3n) is 4.97. The molecule has 4 atom stereocenters. The molecule has 0 aliphatic heterocycles. The van der Waals surface area contributed by atoms with Crippen LogP contribution in [-0.2, 0) is 0 Å². The van der Waals surface area contributed by atoms with Gasteiger partial charge in [-0.05, 0) is 48.9 Å². The average molecular weight is 238 g/mol. The number of hydrogen-bond acceptors (Lipinski definition) is 0. The highest BCUT2D eigenvalue weighted by Crippen LogP contribution is 2.47. The molecule has 1 fully saturated rings. The van der Waals surface area contributed by atoms with Crippen LogP contribution in [0.25, 0.3) is 0 Å². The van der Waals surface area contributed by atoms with Crippen LogP contribution in [0.5, 0.6) is 0 Å². The van der Waals surface area contributed by atoms with Gasteiger partial charge in [0.15, 0.2) is 0 Å². The first-order valence-electron chi connectivity index (χ1n) is 8.10. The van der Waals surface area contributed by atoms with Crippen LogP contribution in [0.15, 0.2) is 0 Å². The molecule has 1 aliphatic rings. The molecular weight excluding hydrogens is 204 g/mol. The molecule has 0 aromatic heterocycles. The summed E-state index contributed by atoms with van der Waals surface area (Å²) in [7, 11) is 0. The highest BCUT2D eigenvalue weighted by atomic mass is 14.4. The van der Waals surface area contributed by atoms with Gasteiger partial charge < -0.3 is 0 Å². The maximum absolute atomic E-state index is 2.53. The van der Waals surface area contributed by atoms with E-state index >= 15 is 0 Å². The summed E-state index contributed by atoms with van der Waals surface area (Å²) in [5, 5.41) is 0. The van der Waals surface area contributed by atoms with E-state index in [1.54, 1.807) is 0 Å². The molecule has 1 rings (SSSR count). The minimum Gasteiger partial charge on any atom is -0.0654 e. The molecule has 0 heteroatoms. The number of rotatable bonds is 7. The van der Waals surface area contributed by atoms with Gasteiger partial charge in [0.2, 0.25) is 0 Å². The van der Waals surface area contributed by atoms with Crippen molar-refractivity contribution in [2.45, 2.75) is 79.6 Å². The molecule has 0 N–H and O–H groups in total. The summed E-state index contributed by atoms with van der Waals surface area (Å²) >= 11 is 0. The van der Waals surface area contributed by atoms with E-state index in [0.717, 1.165) is 29.6 Å². The number of unbranched alkanes of at least 4 members (excludes halogenated alkanes) is 1. The van der Waals surface area contributed by atoms with Crippen molar-refractivity contribution < 1.29 is 0 Å². The smallest absolute Gasteiger partial charge is 0.0332 e. The largest absolute Gasteiger partial charge is 0.0654 e. The summed E-state index contributed by atoms with van der Waals surface area (Å²) in [4.78, 5) is 0. The van der Waals surface area contributed by atoms with Gasteiger partial charge in [-0.1, -0.05) is 60.3 Å². The minimum atomic E-state index is 0.886. The van der Waals surface area contributed by atoms with Gasteiger partial charge in [0.25, 0.3) is 0 Å². The summed E-state index contributed by atoms with van der Waals surface area (Å²) < 4.78 is 0. The van der Waals surface area contributed by atoms with E-state index in [1.807, 2.05) is 0 Å². The van der Waals surface area contributed by atoms with Crippen LogP contribution in [0.1, 0.15) is 79.6 Å². The Balaban J connectivity index is 2.58. The zero-order valence-corrected chi connectivity index (χ0v) is 12.8. The van der Waals surface area contributed by atoms with Crippen molar-refractivity contribution in [2.75, 3.05) is 0 Å². The second-order valence-electron chi connectivity index (χ2n) is 6.83. The van der Waals surface area contributed by atoms with Crippen molar-refractivity contribution in [3.8, 4) is 0 Å². The molecule has 1 saturated carbocycles. The van der Waals surface area contributed by atoms with E-state index < -0.39 is 0 Å². The van der Waals surface area contributed by atoms with E-state index in [0.29, 0.717) is 0 Å². The Hall–Kier alpha value is 0. The van der Waals surface area contributed by atoms with Gasteiger partial charge in [0.1, 0.15) is 0 Å². The Bertz CT molecular complexity index is 194. The molecule has 102 valence electrons. The molecule has 0 nitrogen and oxygen atoms in total. The lowest BCUT2D eigenvalue weighted by Gasteiger charge is -2.31. The fourth-order valence-corrected chi connectivity index (χ4v) is 4.20. The van der Waals surface area contributed by atoms with Crippen molar-refractivity contribution in [1.29, 1.82) is 0 Å². The van der Waals surface area contributed by atoms with Gasteiger partial charge in [0, 0.05) is 0 Å². The summed E-state index contributed by atoms with van der Waals surface area (Å²) in [6.07, 6.45) is 10.2. The third kappa shape index (κ3) is 4.30. The van der Waals surface area contributed by atoms with Crippen molar-refractivity contribution in [3.63, 3.8) is 0 Å². The van der Waals surface area contributed by atoms with Gasteiger partial charge in [0.05, 0.1) is 0 Å². The lowest BCUT2D eigenvalue weighted by atomic mass is 9.74. The van der Waals surface area contributed by atoms with Crippen molar-refractivity contribution in [2.24, 2.45) is 29.6 Å². The lowest BCUT2D eigenvalue weighted by Crippen LogP contribution is -2.23. The highest BCUT2D eigenvalue weighted by Gasteiger charge is 2.37. The first-order chi connectivity index (χ1) is 8.10. The monoisotopic (exact) mass is 238 g/mol. The Kier molecular flexibility index (Phi) is 6.59. The molecule has 0 saturated heterocycles. The first-order valence-corrected chi connectivity index (χ1v) is 8.10. The van der Waals surface area contributed by atoms with Crippen LogP contribution in [0.2, 0.25) is 0 Å². The van der Waals surface area contributed by atoms with E-state index in [4.69, 9.17) is 0 Å². The van der Waals surface area contributed by atoms with Crippen molar-refractivity contribution in [3.05, 3.63) is 0 Å². The molecule has 0 aromatic carbocycles. The second kappa shape index (κ2) is 7.44. The summed E-state index contributed by atoms with van der Waals surface area (Å²) in [5.41, 5.74) is 0. The number of hydrogen-bond donors (Lipinski definition) is 0. The molecule has 1 aliphatic carbocycles. The molecule has 17 heavy (non-hydrogen) atoms. The Labute approximate surface area is 110 Å². The molecule has 0 radical (unpaired) electrons. The van der Waals surface area contributed by atoms with E-state index in [2.05, 4.69) is 34.6 Å². The lowest BCUT2D eigenvalue weighted by molar-refractivity contribution is 0.182. The minimum absolute atomic E-state index is 0.886.